The predicted molar refractivity (Wildman–Crippen MR) is 62.5 cm³/mol. The van der Waals surface area contributed by atoms with E-state index in [0.717, 1.165) is 23.4 Å². The molecule has 17 heavy (non-hydrogen) atoms. The van der Waals surface area contributed by atoms with Crippen molar-refractivity contribution in [1.29, 1.82) is 0 Å². The lowest BCUT2D eigenvalue weighted by Crippen LogP contribution is -2.42. The number of carbonyl (C=O) groups is 1. The van der Waals surface area contributed by atoms with Crippen molar-refractivity contribution < 1.29 is 9.32 Å². The van der Waals surface area contributed by atoms with Gasteiger partial charge in [-0.1, -0.05) is 5.16 Å². The molecular formula is C11H18N4O2. The van der Waals surface area contributed by atoms with Crippen LogP contribution in [0.5, 0.6) is 0 Å². The van der Waals surface area contributed by atoms with Crippen LogP contribution in [0.25, 0.3) is 0 Å². The van der Waals surface area contributed by atoms with Gasteiger partial charge in [-0.3, -0.25) is 0 Å². The van der Waals surface area contributed by atoms with Gasteiger partial charge in [0.15, 0.2) is 0 Å². The van der Waals surface area contributed by atoms with Crippen LogP contribution in [0.15, 0.2) is 4.52 Å². The Hall–Kier alpha value is -1.56. The van der Waals surface area contributed by atoms with Gasteiger partial charge in [-0.15, -0.1) is 0 Å². The molecule has 0 aliphatic carbocycles. The van der Waals surface area contributed by atoms with Gasteiger partial charge in [0.1, 0.15) is 11.5 Å². The molecule has 1 N–H and O–H groups in total. The first-order valence-electron chi connectivity index (χ1n) is 5.70. The average Bonchev–Trinajstić information content (AvgIpc) is 2.71. The zero-order chi connectivity index (χ0) is 12.4. The number of carbonyl (C=O) groups excluding carboxylic acids is 1. The fraction of sp³-hybridized carbons (Fsp3) is 0.636. The molecule has 2 rings (SSSR count). The van der Waals surface area contributed by atoms with Crippen LogP contribution in [-0.2, 0) is 19.5 Å². The minimum Gasteiger partial charge on any atom is -0.361 e. The Labute approximate surface area is 101 Å². The summed E-state index contributed by atoms with van der Waals surface area (Å²) >= 11 is 0. The summed E-state index contributed by atoms with van der Waals surface area (Å²) < 4.78 is 5.29. The summed E-state index contributed by atoms with van der Waals surface area (Å²) in [5, 5.41) is 7.09. The highest BCUT2D eigenvalue weighted by Crippen LogP contribution is 2.22. The highest BCUT2D eigenvalue weighted by molar-refractivity contribution is 5.74. The van der Waals surface area contributed by atoms with E-state index in [1.807, 2.05) is 11.9 Å². The second kappa shape index (κ2) is 4.75. The first kappa shape index (κ1) is 11.9. The topological polar surface area (TPSA) is 61.6 Å². The average molecular weight is 238 g/mol. The zero-order valence-corrected chi connectivity index (χ0v) is 10.5. The second-order valence-electron chi connectivity index (χ2n) is 4.41. The van der Waals surface area contributed by atoms with Crippen LogP contribution in [0.1, 0.15) is 17.0 Å². The normalized spacial score (nSPS) is 14.6. The predicted octanol–water partition coefficient (Wildman–Crippen LogP) is 0.434. The number of fused-ring (bicyclic) bond motifs is 1. The Morgan fingerprint density at radius 2 is 2.35 bits per heavy atom. The van der Waals surface area contributed by atoms with Crippen LogP contribution >= 0.6 is 0 Å². The van der Waals surface area contributed by atoms with E-state index < -0.39 is 0 Å². The first-order valence-corrected chi connectivity index (χ1v) is 5.70. The van der Waals surface area contributed by atoms with Crippen molar-refractivity contribution in [3.63, 3.8) is 0 Å². The van der Waals surface area contributed by atoms with E-state index in [-0.39, 0.29) is 6.03 Å². The fourth-order valence-electron chi connectivity index (χ4n) is 2.02. The van der Waals surface area contributed by atoms with E-state index in [2.05, 4.69) is 10.5 Å². The number of nitrogens with one attached hydrogen (secondary N) is 1. The number of hydrogen-bond donors (Lipinski definition) is 1. The van der Waals surface area contributed by atoms with Gasteiger partial charge in [0, 0.05) is 39.2 Å². The minimum atomic E-state index is 0.0345. The molecule has 1 aromatic rings. The molecule has 0 saturated heterocycles. The van der Waals surface area contributed by atoms with E-state index >= 15 is 0 Å². The number of rotatable bonds is 2. The van der Waals surface area contributed by atoms with Gasteiger partial charge in [-0.05, 0) is 7.05 Å². The van der Waals surface area contributed by atoms with E-state index in [1.165, 1.54) is 0 Å². The van der Waals surface area contributed by atoms with Crippen molar-refractivity contribution in [3.8, 4) is 0 Å². The second-order valence-corrected chi connectivity index (χ2v) is 4.41. The van der Waals surface area contributed by atoms with Crippen molar-refractivity contribution in [2.45, 2.75) is 19.5 Å². The van der Waals surface area contributed by atoms with Crippen LogP contribution < -0.4 is 5.32 Å². The van der Waals surface area contributed by atoms with Gasteiger partial charge in [0.2, 0.25) is 0 Å². The molecule has 1 aromatic heterocycles. The molecule has 0 fully saturated rings. The van der Waals surface area contributed by atoms with Crippen LogP contribution in [0.4, 0.5) is 4.79 Å². The van der Waals surface area contributed by atoms with Crippen LogP contribution in [0.2, 0.25) is 0 Å². The molecule has 2 heterocycles. The first-order chi connectivity index (χ1) is 8.13. The van der Waals surface area contributed by atoms with E-state index in [4.69, 9.17) is 4.52 Å². The molecule has 1 aliphatic rings. The lowest BCUT2D eigenvalue weighted by molar-refractivity contribution is 0.163. The third kappa shape index (κ3) is 2.26. The Morgan fingerprint density at radius 1 is 1.59 bits per heavy atom. The summed E-state index contributed by atoms with van der Waals surface area (Å²) in [6.45, 7) is 1.95. The van der Waals surface area contributed by atoms with Gasteiger partial charge < -0.3 is 19.6 Å². The van der Waals surface area contributed by atoms with Crippen LogP contribution in [0.3, 0.4) is 0 Å². The summed E-state index contributed by atoms with van der Waals surface area (Å²) in [7, 11) is 5.40. The number of nitrogens with zero attached hydrogens (tertiary/aromatic N) is 3. The van der Waals surface area contributed by atoms with Crippen molar-refractivity contribution >= 4 is 6.03 Å². The Kier molecular flexibility index (Phi) is 3.33. The van der Waals surface area contributed by atoms with Crippen LogP contribution in [-0.4, -0.2) is 48.7 Å². The van der Waals surface area contributed by atoms with Crippen molar-refractivity contribution in [3.05, 3.63) is 17.0 Å². The zero-order valence-electron chi connectivity index (χ0n) is 10.5. The van der Waals surface area contributed by atoms with Gasteiger partial charge in [-0.25, -0.2) is 4.79 Å². The highest BCUT2D eigenvalue weighted by atomic mass is 16.5. The van der Waals surface area contributed by atoms with Crippen LogP contribution in [0, 0.1) is 0 Å². The molecule has 0 saturated carbocycles. The number of amides is 2. The molecular weight excluding hydrogens is 220 g/mol. The number of aromatic nitrogens is 1. The SMILES string of the molecule is CNCc1noc2c1CN(C(=O)N(C)C)CC2. The highest BCUT2D eigenvalue weighted by Gasteiger charge is 2.27. The molecule has 2 amide bonds. The third-order valence-electron chi connectivity index (χ3n) is 2.91. The van der Waals surface area contributed by atoms with Crippen molar-refractivity contribution in [2.75, 3.05) is 27.7 Å². The molecule has 0 unspecified atom stereocenters. The van der Waals surface area contributed by atoms with E-state index in [1.54, 1.807) is 19.0 Å². The van der Waals surface area contributed by atoms with E-state index in [0.29, 0.717) is 19.6 Å². The standard InChI is InChI=1S/C11H18N4O2/c1-12-6-9-8-7-15(11(16)14(2)3)5-4-10(8)17-13-9/h12H,4-7H2,1-3H3. The Balaban J connectivity index is 2.16. The lowest BCUT2D eigenvalue weighted by Gasteiger charge is -2.28. The fourth-order valence-corrected chi connectivity index (χ4v) is 2.02. The minimum absolute atomic E-state index is 0.0345. The summed E-state index contributed by atoms with van der Waals surface area (Å²) in [4.78, 5) is 15.3. The maximum atomic E-state index is 11.9. The molecule has 0 radical (unpaired) electrons. The van der Waals surface area contributed by atoms with Gasteiger partial charge >= 0.3 is 6.03 Å². The summed E-state index contributed by atoms with van der Waals surface area (Å²) in [5.74, 6) is 0.915. The molecule has 94 valence electrons. The van der Waals surface area contributed by atoms with Crippen molar-refractivity contribution in [2.24, 2.45) is 0 Å². The molecule has 0 atom stereocenters. The van der Waals surface area contributed by atoms with Crippen molar-refractivity contribution in [1.82, 2.24) is 20.3 Å². The number of urea groups is 1. The van der Waals surface area contributed by atoms with Gasteiger partial charge in [0.25, 0.3) is 0 Å². The largest absolute Gasteiger partial charge is 0.361 e. The molecule has 1 aliphatic heterocycles. The monoisotopic (exact) mass is 238 g/mol. The maximum Gasteiger partial charge on any atom is 0.319 e. The smallest absolute Gasteiger partial charge is 0.319 e. The van der Waals surface area contributed by atoms with E-state index in [9.17, 15) is 4.79 Å². The van der Waals surface area contributed by atoms with Gasteiger partial charge in [-0.2, -0.15) is 0 Å². The third-order valence-corrected chi connectivity index (χ3v) is 2.91. The molecule has 6 nitrogen and oxygen atoms in total. The molecule has 6 heteroatoms. The number of hydrogen-bond acceptors (Lipinski definition) is 4. The lowest BCUT2D eigenvalue weighted by atomic mass is 10.1. The summed E-state index contributed by atoms with van der Waals surface area (Å²) in [5.41, 5.74) is 1.96. The van der Waals surface area contributed by atoms with Gasteiger partial charge in [0.05, 0.1) is 6.54 Å². The Bertz CT molecular complexity index is 414. The summed E-state index contributed by atoms with van der Waals surface area (Å²) in [6, 6.07) is 0.0345. The quantitative estimate of drug-likeness (QED) is 0.812. The molecule has 0 aromatic carbocycles. The Morgan fingerprint density at radius 3 is 3.00 bits per heavy atom. The molecule has 0 bridgehead atoms. The maximum absolute atomic E-state index is 11.9. The molecule has 0 spiro atoms. The summed E-state index contributed by atoms with van der Waals surface area (Å²) in [6.07, 6.45) is 0.742.